The largest absolute Gasteiger partial charge is 0.389 e. The van der Waals surface area contributed by atoms with Gasteiger partial charge >= 0.3 is 0 Å². The van der Waals surface area contributed by atoms with E-state index < -0.39 is 6.10 Å². The molecule has 0 aliphatic rings. The lowest BCUT2D eigenvalue weighted by atomic mass is 10.4. The van der Waals surface area contributed by atoms with Crippen molar-refractivity contribution in [3.05, 3.63) is 12.2 Å². The van der Waals surface area contributed by atoms with Crippen LogP contribution < -0.4 is 0 Å². The minimum atomic E-state index is -0.535. The average Bonchev–Trinajstić information content (AvgIpc) is 1.98. The van der Waals surface area contributed by atoms with E-state index in [2.05, 4.69) is 0 Å². The molecule has 1 unspecified atom stereocenters. The van der Waals surface area contributed by atoms with Crippen LogP contribution in [0.4, 0.5) is 0 Å². The predicted octanol–water partition coefficient (Wildman–Crippen LogP) is 1.18. The first-order chi connectivity index (χ1) is 4.81. The van der Waals surface area contributed by atoms with E-state index in [-0.39, 0.29) is 5.88 Å². The molecule has 0 radical (unpaired) electrons. The molecule has 1 N–H and O–H groups in total. The van der Waals surface area contributed by atoms with Gasteiger partial charge in [-0.05, 0) is 6.92 Å². The zero-order valence-corrected chi connectivity index (χ0v) is 6.84. The Kier molecular flexibility index (Phi) is 7.03. The van der Waals surface area contributed by atoms with Crippen LogP contribution in [0.2, 0.25) is 0 Å². The molecule has 0 aromatic carbocycles. The smallest absolute Gasteiger partial charge is 0.0908 e. The van der Waals surface area contributed by atoms with Crippen molar-refractivity contribution in [2.75, 3.05) is 19.1 Å². The monoisotopic (exact) mass is 164 g/mol. The van der Waals surface area contributed by atoms with Crippen LogP contribution in [-0.4, -0.2) is 30.3 Å². The van der Waals surface area contributed by atoms with Crippen LogP contribution in [0.1, 0.15) is 6.92 Å². The van der Waals surface area contributed by atoms with Gasteiger partial charge < -0.3 is 9.84 Å². The summed E-state index contributed by atoms with van der Waals surface area (Å²) in [4.78, 5) is 0. The van der Waals surface area contributed by atoms with Crippen molar-refractivity contribution in [2.45, 2.75) is 13.0 Å². The highest BCUT2D eigenvalue weighted by Gasteiger charge is 1.98. The molecule has 60 valence electrons. The third-order valence-electron chi connectivity index (χ3n) is 0.938. The fourth-order valence-corrected chi connectivity index (χ4v) is 0.502. The molecule has 1 atom stereocenters. The maximum absolute atomic E-state index is 8.88. The third-order valence-corrected chi connectivity index (χ3v) is 1.29. The molecular weight excluding hydrogens is 152 g/mol. The molecule has 0 aliphatic carbocycles. The number of aliphatic hydroxyl groups excluding tert-OH is 1. The molecule has 0 bridgehead atoms. The number of alkyl halides is 1. The van der Waals surface area contributed by atoms with E-state index >= 15 is 0 Å². The fraction of sp³-hybridized carbons (Fsp3) is 0.714. The Hall–Kier alpha value is -0.0500. The van der Waals surface area contributed by atoms with Crippen molar-refractivity contribution in [1.82, 2.24) is 0 Å². The maximum Gasteiger partial charge on any atom is 0.0908 e. The van der Waals surface area contributed by atoms with Crippen molar-refractivity contribution in [2.24, 2.45) is 0 Å². The first kappa shape index (κ1) is 9.95. The number of aliphatic hydroxyl groups is 1. The highest BCUT2D eigenvalue weighted by atomic mass is 35.5. The van der Waals surface area contributed by atoms with Crippen molar-refractivity contribution in [3.8, 4) is 0 Å². The summed E-state index contributed by atoms with van der Waals surface area (Å²) in [7, 11) is 0. The molecule has 2 nitrogen and oxygen atoms in total. The van der Waals surface area contributed by atoms with E-state index in [4.69, 9.17) is 21.4 Å². The fourth-order valence-electron chi connectivity index (χ4n) is 0.413. The highest BCUT2D eigenvalue weighted by Crippen LogP contribution is 1.88. The Morgan fingerprint density at radius 2 is 2.40 bits per heavy atom. The summed E-state index contributed by atoms with van der Waals surface area (Å²) >= 11 is 5.32. The molecular formula is C7H13ClO2. The molecule has 0 aromatic rings. The first-order valence-electron chi connectivity index (χ1n) is 3.24. The van der Waals surface area contributed by atoms with Crippen LogP contribution in [-0.2, 0) is 4.74 Å². The summed E-state index contributed by atoms with van der Waals surface area (Å²) in [6, 6.07) is 0. The number of halogens is 1. The van der Waals surface area contributed by atoms with Crippen molar-refractivity contribution < 1.29 is 9.84 Å². The SMILES string of the molecule is C/C=C/COCC(O)CCl. The quantitative estimate of drug-likeness (QED) is 0.376. The van der Waals surface area contributed by atoms with Gasteiger partial charge in [-0.15, -0.1) is 11.6 Å². The Morgan fingerprint density at radius 1 is 1.70 bits per heavy atom. The van der Waals surface area contributed by atoms with Gasteiger partial charge in [0.15, 0.2) is 0 Å². The molecule has 0 fully saturated rings. The molecule has 0 saturated carbocycles. The standard InChI is InChI=1S/C7H13ClO2/c1-2-3-4-10-6-7(9)5-8/h2-3,7,9H,4-6H2,1H3/b3-2+. The van der Waals surface area contributed by atoms with Gasteiger partial charge in [-0.1, -0.05) is 12.2 Å². The van der Waals surface area contributed by atoms with Crippen LogP contribution in [0.15, 0.2) is 12.2 Å². The Morgan fingerprint density at radius 3 is 2.90 bits per heavy atom. The Balaban J connectivity index is 3.03. The molecule has 0 heterocycles. The molecule has 10 heavy (non-hydrogen) atoms. The molecule has 0 aromatic heterocycles. The van der Waals surface area contributed by atoms with Crippen LogP contribution in [0, 0.1) is 0 Å². The second kappa shape index (κ2) is 7.06. The van der Waals surface area contributed by atoms with E-state index in [1.807, 2.05) is 19.1 Å². The van der Waals surface area contributed by atoms with E-state index in [9.17, 15) is 0 Å². The number of rotatable bonds is 5. The van der Waals surface area contributed by atoms with Gasteiger partial charge in [0.25, 0.3) is 0 Å². The Labute approximate surface area is 66.5 Å². The van der Waals surface area contributed by atoms with Gasteiger partial charge in [0.2, 0.25) is 0 Å². The van der Waals surface area contributed by atoms with Crippen molar-refractivity contribution >= 4 is 11.6 Å². The van der Waals surface area contributed by atoms with Gasteiger partial charge in [-0.25, -0.2) is 0 Å². The van der Waals surface area contributed by atoms with Crippen LogP contribution in [0.3, 0.4) is 0 Å². The summed E-state index contributed by atoms with van der Waals surface area (Å²) in [5, 5.41) is 8.88. The molecule has 0 aliphatic heterocycles. The summed E-state index contributed by atoms with van der Waals surface area (Å²) in [5.41, 5.74) is 0. The lowest BCUT2D eigenvalue weighted by Gasteiger charge is -2.04. The van der Waals surface area contributed by atoms with Crippen LogP contribution >= 0.6 is 11.6 Å². The second-order valence-corrected chi connectivity index (χ2v) is 2.22. The first-order valence-corrected chi connectivity index (χ1v) is 3.77. The number of hydrogen-bond donors (Lipinski definition) is 1. The minimum Gasteiger partial charge on any atom is -0.389 e. The van der Waals surface area contributed by atoms with Crippen molar-refractivity contribution in [3.63, 3.8) is 0 Å². The third kappa shape index (κ3) is 6.08. The summed E-state index contributed by atoms with van der Waals surface area (Å²) in [6.07, 6.45) is 3.24. The van der Waals surface area contributed by atoms with E-state index in [1.54, 1.807) is 0 Å². The summed E-state index contributed by atoms with van der Waals surface area (Å²) < 4.78 is 5.01. The lowest BCUT2D eigenvalue weighted by molar-refractivity contribution is 0.0617. The summed E-state index contributed by atoms with van der Waals surface area (Å²) in [5.74, 6) is 0.232. The minimum absolute atomic E-state index is 0.232. The van der Waals surface area contributed by atoms with Gasteiger partial charge in [0.05, 0.1) is 25.2 Å². The van der Waals surface area contributed by atoms with Gasteiger partial charge in [0, 0.05) is 0 Å². The van der Waals surface area contributed by atoms with E-state index in [0.29, 0.717) is 13.2 Å². The predicted molar refractivity (Wildman–Crippen MR) is 42.4 cm³/mol. The van der Waals surface area contributed by atoms with Crippen LogP contribution in [0.25, 0.3) is 0 Å². The lowest BCUT2D eigenvalue weighted by Crippen LogP contribution is -2.16. The van der Waals surface area contributed by atoms with E-state index in [1.165, 1.54) is 0 Å². The normalized spacial score (nSPS) is 14.3. The topological polar surface area (TPSA) is 29.5 Å². The maximum atomic E-state index is 8.88. The molecule has 0 spiro atoms. The zero-order valence-electron chi connectivity index (χ0n) is 6.09. The van der Waals surface area contributed by atoms with Gasteiger partial charge in [0.1, 0.15) is 0 Å². The van der Waals surface area contributed by atoms with Crippen LogP contribution in [0.5, 0.6) is 0 Å². The zero-order chi connectivity index (χ0) is 7.82. The molecule has 3 heteroatoms. The number of allylic oxidation sites excluding steroid dienone is 1. The molecule has 0 saturated heterocycles. The average molecular weight is 165 g/mol. The van der Waals surface area contributed by atoms with E-state index in [0.717, 1.165) is 0 Å². The van der Waals surface area contributed by atoms with Gasteiger partial charge in [-0.3, -0.25) is 0 Å². The van der Waals surface area contributed by atoms with Gasteiger partial charge in [-0.2, -0.15) is 0 Å². The number of hydrogen-bond acceptors (Lipinski definition) is 2. The van der Waals surface area contributed by atoms with Crippen molar-refractivity contribution in [1.29, 1.82) is 0 Å². The molecule has 0 rings (SSSR count). The Bertz CT molecular complexity index is 93.6. The summed E-state index contributed by atoms with van der Waals surface area (Å²) in [6.45, 7) is 2.78. The molecule has 0 amide bonds. The second-order valence-electron chi connectivity index (χ2n) is 1.91. The number of ether oxygens (including phenoxy) is 1. The highest BCUT2D eigenvalue weighted by molar-refractivity contribution is 6.18.